The van der Waals surface area contributed by atoms with Gasteiger partial charge in [0.05, 0.1) is 0 Å². The van der Waals surface area contributed by atoms with E-state index in [9.17, 15) is 0 Å². The number of ether oxygens (including phenoxy) is 1. The fraction of sp³-hybridized carbons (Fsp3) is 0.769. The minimum Gasteiger partial charge on any atom is -0.385 e. The number of aromatic nitrogens is 2. The van der Waals surface area contributed by atoms with Gasteiger partial charge < -0.3 is 4.74 Å². The van der Waals surface area contributed by atoms with Gasteiger partial charge in [0, 0.05) is 32.7 Å². The molecule has 0 saturated heterocycles. The van der Waals surface area contributed by atoms with Crippen molar-refractivity contribution in [1.29, 1.82) is 0 Å². The summed E-state index contributed by atoms with van der Waals surface area (Å²) in [6, 6.07) is 2.01. The van der Waals surface area contributed by atoms with E-state index in [1.54, 1.807) is 7.11 Å². The van der Waals surface area contributed by atoms with Gasteiger partial charge in [-0.25, -0.2) is 0 Å². The van der Waals surface area contributed by atoms with Crippen LogP contribution in [0.1, 0.15) is 38.5 Å². The lowest BCUT2D eigenvalue weighted by molar-refractivity contribution is 0.0835. The van der Waals surface area contributed by atoms with E-state index >= 15 is 0 Å². The number of hydrogen-bond acceptors (Lipinski definition) is 2. The molecule has 0 unspecified atom stereocenters. The fourth-order valence-electron chi connectivity index (χ4n) is 2.85. The maximum Gasteiger partial charge on any atom is 0.0489 e. The molecule has 0 atom stereocenters. The Morgan fingerprint density at radius 1 is 1.31 bits per heavy atom. The highest BCUT2D eigenvalue weighted by molar-refractivity contribution is 4.86. The molecule has 0 bridgehead atoms. The summed E-state index contributed by atoms with van der Waals surface area (Å²) in [6.45, 7) is 1.94. The van der Waals surface area contributed by atoms with E-state index in [1.165, 1.54) is 38.5 Å². The SMILES string of the molecule is COCCC1(Cn2cccn2)CCCCC1. The lowest BCUT2D eigenvalue weighted by Crippen LogP contribution is -2.31. The predicted octanol–water partition coefficient (Wildman–Crippen LogP) is 2.87. The van der Waals surface area contributed by atoms with Crippen LogP contribution in [-0.2, 0) is 11.3 Å². The maximum absolute atomic E-state index is 5.26. The Labute approximate surface area is 97.8 Å². The Hall–Kier alpha value is -0.830. The predicted molar refractivity (Wildman–Crippen MR) is 64.2 cm³/mol. The van der Waals surface area contributed by atoms with Crippen molar-refractivity contribution in [1.82, 2.24) is 9.78 Å². The summed E-state index contributed by atoms with van der Waals surface area (Å²) in [4.78, 5) is 0. The average molecular weight is 222 g/mol. The zero-order chi connectivity index (χ0) is 11.3. The van der Waals surface area contributed by atoms with Crippen LogP contribution in [0.2, 0.25) is 0 Å². The molecule has 3 heteroatoms. The van der Waals surface area contributed by atoms with Crippen molar-refractivity contribution < 1.29 is 4.74 Å². The molecule has 16 heavy (non-hydrogen) atoms. The lowest BCUT2D eigenvalue weighted by atomic mass is 9.72. The van der Waals surface area contributed by atoms with Crippen molar-refractivity contribution in [2.75, 3.05) is 13.7 Å². The summed E-state index contributed by atoms with van der Waals surface area (Å²) in [6.07, 6.45) is 11.9. The van der Waals surface area contributed by atoms with E-state index in [2.05, 4.69) is 16.0 Å². The zero-order valence-corrected chi connectivity index (χ0v) is 10.2. The second kappa shape index (κ2) is 5.48. The second-order valence-corrected chi connectivity index (χ2v) is 5.01. The van der Waals surface area contributed by atoms with E-state index in [0.717, 1.165) is 13.2 Å². The van der Waals surface area contributed by atoms with Gasteiger partial charge in [-0.05, 0) is 30.7 Å². The van der Waals surface area contributed by atoms with Crippen LogP contribution in [0.4, 0.5) is 0 Å². The smallest absolute Gasteiger partial charge is 0.0489 e. The van der Waals surface area contributed by atoms with Crippen molar-refractivity contribution in [3.63, 3.8) is 0 Å². The van der Waals surface area contributed by atoms with Crippen molar-refractivity contribution in [2.24, 2.45) is 5.41 Å². The van der Waals surface area contributed by atoms with Crippen molar-refractivity contribution in [3.05, 3.63) is 18.5 Å². The zero-order valence-electron chi connectivity index (χ0n) is 10.2. The van der Waals surface area contributed by atoms with Crippen LogP contribution >= 0.6 is 0 Å². The van der Waals surface area contributed by atoms with E-state index in [1.807, 2.05) is 12.3 Å². The van der Waals surface area contributed by atoms with E-state index in [-0.39, 0.29) is 0 Å². The van der Waals surface area contributed by atoms with Gasteiger partial charge in [-0.2, -0.15) is 5.10 Å². The monoisotopic (exact) mass is 222 g/mol. The van der Waals surface area contributed by atoms with Gasteiger partial charge in [0.25, 0.3) is 0 Å². The Kier molecular flexibility index (Phi) is 3.99. The van der Waals surface area contributed by atoms with Crippen LogP contribution in [0.3, 0.4) is 0 Å². The molecule has 0 radical (unpaired) electrons. The largest absolute Gasteiger partial charge is 0.385 e. The quantitative estimate of drug-likeness (QED) is 0.766. The first-order valence-electron chi connectivity index (χ1n) is 6.31. The molecule has 1 saturated carbocycles. The molecule has 1 fully saturated rings. The molecule has 1 aromatic heterocycles. The van der Waals surface area contributed by atoms with Gasteiger partial charge in [0.1, 0.15) is 0 Å². The van der Waals surface area contributed by atoms with Gasteiger partial charge >= 0.3 is 0 Å². The molecule has 1 aliphatic rings. The first-order chi connectivity index (χ1) is 7.85. The van der Waals surface area contributed by atoms with Gasteiger partial charge in [0.15, 0.2) is 0 Å². The first-order valence-corrected chi connectivity index (χ1v) is 6.31. The van der Waals surface area contributed by atoms with Gasteiger partial charge in [-0.15, -0.1) is 0 Å². The summed E-state index contributed by atoms with van der Waals surface area (Å²) in [7, 11) is 1.80. The van der Waals surface area contributed by atoms with Gasteiger partial charge in [0.2, 0.25) is 0 Å². The number of methoxy groups -OCH3 is 1. The highest BCUT2D eigenvalue weighted by Gasteiger charge is 2.32. The van der Waals surface area contributed by atoms with Crippen molar-refractivity contribution in [2.45, 2.75) is 45.1 Å². The highest BCUT2D eigenvalue weighted by Crippen LogP contribution is 2.40. The van der Waals surface area contributed by atoms with Crippen molar-refractivity contribution in [3.8, 4) is 0 Å². The third-order valence-electron chi connectivity index (χ3n) is 3.81. The molecule has 0 spiro atoms. The topological polar surface area (TPSA) is 27.1 Å². The minimum absolute atomic E-state index is 0.431. The summed E-state index contributed by atoms with van der Waals surface area (Å²) in [5.74, 6) is 0. The molecule has 1 aromatic rings. The molecule has 2 rings (SSSR count). The standard InChI is InChI=1S/C13H22N2O/c1-16-11-8-13(6-3-2-4-7-13)12-15-10-5-9-14-15/h5,9-10H,2-4,6-8,11-12H2,1H3. The minimum atomic E-state index is 0.431. The Morgan fingerprint density at radius 3 is 2.75 bits per heavy atom. The average Bonchev–Trinajstić information content (AvgIpc) is 2.80. The number of nitrogens with zero attached hydrogens (tertiary/aromatic N) is 2. The van der Waals surface area contributed by atoms with E-state index in [0.29, 0.717) is 5.41 Å². The van der Waals surface area contributed by atoms with Crippen LogP contribution in [0, 0.1) is 5.41 Å². The molecule has 1 heterocycles. The Morgan fingerprint density at radius 2 is 2.12 bits per heavy atom. The fourth-order valence-corrected chi connectivity index (χ4v) is 2.85. The third-order valence-corrected chi connectivity index (χ3v) is 3.81. The van der Waals surface area contributed by atoms with Crippen LogP contribution in [0.15, 0.2) is 18.5 Å². The molecular formula is C13H22N2O. The Balaban J connectivity index is 2.01. The molecule has 0 amide bonds. The van der Waals surface area contributed by atoms with E-state index < -0.39 is 0 Å². The van der Waals surface area contributed by atoms with Gasteiger partial charge in [-0.1, -0.05) is 19.3 Å². The lowest BCUT2D eigenvalue weighted by Gasteiger charge is -2.37. The van der Waals surface area contributed by atoms with E-state index in [4.69, 9.17) is 4.74 Å². The number of rotatable bonds is 5. The summed E-state index contributed by atoms with van der Waals surface area (Å²) >= 11 is 0. The highest BCUT2D eigenvalue weighted by atomic mass is 16.5. The molecule has 0 aromatic carbocycles. The van der Waals surface area contributed by atoms with Crippen LogP contribution in [0.5, 0.6) is 0 Å². The van der Waals surface area contributed by atoms with Crippen LogP contribution < -0.4 is 0 Å². The number of hydrogen-bond donors (Lipinski definition) is 0. The maximum atomic E-state index is 5.26. The third kappa shape index (κ3) is 2.85. The normalized spacial score (nSPS) is 19.8. The molecular weight excluding hydrogens is 200 g/mol. The molecule has 0 aliphatic heterocycles. The Bertz CT molecular complexity index is 289. The molecule has 3 nitrogen and oxygen atoms in total. The van der Waals surface area contributed by atoms with Crippen LogP contribution in [0.25, 0.3) is 0 Å². The molecule has 0 N–H and O–H groups in total. The molecule has 1 aliphatic carbocycles. The summed E-state index contributed by atoms with van der Waals surface area (Å²) in [5.41, 5.74) is 0.431. The van der Waals surface area contributed by atoms with Gasteiger partial charge in [-0.3, -0.25) is 4.68 Å². The summed E-state index contributed by atoms with van der Waals surface area (Å²) in [5, 5.41) is 4.34. The second-order valence-electron chi connectivity index (χ2n) is 5.01. The van der Waals surface area contributed by atoms with Crippen molar-refractivity contribution >= 4 is 0 Å². The van der Waals surface area contributed by atoms with Crippen LogP contribution in [-0.4, -0.2) is 23.5 Å². The first kappa shape index (κ1) is 11.6. The molecule has 90 valence electrons. The summed E-state index contributed by atoms with van der Waals surface area (Å²) < 4.78 is 7.34.